The number of methoxy groups -OCH3 is 2. The number of morpholine rings is 1. The van der Waals surface area contributed by atoms with Crippen molar-refractivity contribution >= 4 is 33.2 Å². The van der Waals surface area contributed by atoms with Crippen LogP contribution in [0, 0.1) is 0 Å². The molecular weight excluding hydrogens is 644 g/mol. The van der Waals surface area contributed by atoms with Gasteiger partial charge in [-0.1, -0.05) is 17.7 Å². The molecule has 1 aromatic heterocycles. The van der Waals surface area contributed by atoms with Crippen molar-refractivity contribution in [3.63, 3.8) is 0 Å². The summed E-state index contributed by atoms with van der Waals surface area (Å²) in [4.78, 5) is 24.2. The van der Waals surface area contributed by atoms with E-state index in [4.69, 9.17) is 30.2 Å². The van der Waals surface area contributed by atoms with Gasteiger partial charge in [0.2, 0.25) is 5.89 Å². The maximum atomic E-state index is 15.5. The van der Waals surface area contributed by atoms with E-state index in [9.17, 15) is 8.42 Å². The van der Waals surface area contributed by atoms with E-state index in [1.54, 1.807) is 43.6 Å². The number of ether oxygens (including phenoxy) is 3. The highest BCUT2D eigenvalue weighted by Gasteiger charge is 2.62. The second kappa shape index (κ2) is 12.6. The Kier molecular flexibility index (Phi) is 8.48. The minimum atomic E-state index is -4.41. The Bertz CT molecular complexity index is 1880. The highest BCUT2D eigenvalue weighted by molar-refractivity contribution is 7.93. The van der Waals surface area contributed by atoms with E-state index < -0.39 is 27.5 Å². The second-order valence-electron chi connectivity index (χ2n) is 11.8. The lowest BCUT2D eigenvalue weighted by Crippen LogP contribution is -2.54. The van der Waals surface area contributed by atoms with Crippen molar-refractivity contribution in [3.05, 3.63) is 101 Å². The maximum absolute atomic E-state index is 15.5. The Labute approximate surface area is 278 Å². The molecule has 47 heavy (non-hydrogen) atoms. The number of benzene rings is 3. The molecule has 246 valence electrons. The average molecular weight is 679 g/mol. The number of fused-ring (bicyclic) bond motifs is 1. The number of oxazole rings is 1. The summed E-state index contributed by atoms with van der Waals surface area (Å²) < 4.78 is 52.6. The van der Waals surface area contributed by atoms with Crippen LogP contribution in [0.3, 0.4) is 0 Å². The molecule has 0 spiro atoms. The first-order valence-corrected chi connectivity index (χ1v) is 17.3. The van der Waals surface area contributed by atoms with Crippen molar-refractivity contribution in [1.82, 2.24) is 14.8 Å². The molecule has 3 aromatic carbocycles. The van der Waals surface area contributed by atoms with Gasteiger partial charge in [-0.3, -0.25) is 14.6 Å². The number of anilines is 1. The largest absolute Gasteiger partial charge is 0.497 e. The Balaban J connectivity index is 1.48. The number of nitrogens with zero attached hydrogens (tertiary/aromatic N) is 4. The molecule has 2 saturated heterocycles. The molecule has 2 atom stereocenters. The number of aromatic nitrogens is 1. The molecule has 11 nitrogen and oxygen atoms in total. The van der Waals surface area contributed by atoms with Crippen LogP contribution in [0.2, 0.25) is 5.02 Å². The van der Waals surface area contributed by atoms with E-state index in [0.717, 1.165) is 29.4 Å². The summed E-state index contributed by atoms with van der Waals surface area (Å²) in [6.07, 6.45) is 4.44. The molecule has 2 fully saturated rings. The van der Waals surface area contributed by atoms with E-state index >= 15 is 4.79 Å². The van der Waals surface area contributed by atoms with Gasteiger partial charge in [-0.05, 0) is 73.0 Å². The van der Waals surface area contributed by atoms with E-state index in [1.807, 2.05) is 23.1 Å². The minimum Gasteiger partial charge on any atom is -0.497 e. The van der Waals surface area contributed by atoms with Crippen LogP contribution in [0.15, 0.2) is 82.4 Å². The van der Waals surface area contributed by atoms with Crippen LogP contribution in [0.5, 0.6) is 11.5 Å². The highest BCUT2D eigenvalue weighted by atomic mass is 35.5. The zero-order chi connectivity index (χ0) is 32.8. The van der Waals surface area contributed by atoms with Crippen molar-refractivity contribution in [1.29, 1.82) is 0 Å². The lowest BCUT2D eigenvalue weighted by atomic mass is 9.80. The number of likely N-dealkylation sites (tertiary alicyclic amines) is 1. The van der Waals surface area contributed by atoms with E-state index in [2.05, 4.69) is 9.88 Å². The van der Waals surface area contributed by atoms with Crippen LogP contribution < -0.4 is 13.8 Å². The smallest absolute Gasteiger partial charge is 0.271 e. The molecule has 7 rings (SSSR count). The van der Waals surface area contributed by atoms with Gasteiger partial charge in [-0.25, -0.2) is 17.7 Å². The number of sulfonamides is 1. The molecule has 4 heterocycles. The molecule has 2 unspecified atom stereocenters. The number of hydrogen-bond acceptors (Lipinski definition) is 10. The highest BCUT2D eigenvalue weighted by Crippen LogP contribution is 2.57. The summed E-state index contributed by atoms with van der Waals surface area (Å²) in [7, 11) is -1.36. The van der Waals surface area contributed by atoms with Gasteiger partial charge in [0.05, 0.1) is 50.3 Å². The molecule has 4 aromatic rings. The Morgan fingerprint density at radius 2 is 1.77 bits per heavy atom. The molecule has 3 aliphatic heterocycles. The fraction of sp³-hybridized carbons (Fsp3) is 0.353. The van der Waals surface area contributed by atoms with Crippen LogP contribution in [-0.4, -0.2) is 76.2 Å². The van der Waals surface area contributed by atoms with E-state index in [-0.39, 0.29) is 10.6 Å². The Morgan fingerprint density at radius 1 is 0.979 bits per heavy atom. The van der Waals surface area contributed by atoms with Crippen molar-refractivity contribution in [2.45, 2.75) is 35.9 Å². The fourth-order valence-electron chi connectivity index (χ4n) is 7.11. The quantitative estimate of drug-likeness (QED) is 0.240. The third-order valence-electron chi connectivity index (χ3n) is 9.24. The second-order valence-corrected chi connectivity index (χ2v) is 14.0. The fourth-order valence-corrected chi connectivity index (χ4v) is 8.74. The van der Waals surface area contributed by atoms with E-state index in [0.29, 0.717) is 66.3 Å². The number of halogens is 1. The normalized spacial score (nSPS) is 22.1. The van der Waals surface area contributed by atoms with Crippen molar-refractivity contribution < 1.29 is 31.8 Å². The minimum absolute atomic E-state index is 0.0537. The first-order valence-electron chi connectivity index (χ1n) is 15.5. The number of carbonyl (C=O) groups excluding carboxylic acids is 1. The van der Waals surface area contributed by atoms with Crippen molar-refractivity contribution in [3.8, 4) is 11.5 Å². The summed E-state index contributed by atoms with van der Waals surface area (Å²) in [5.74, 6) is 0.715. The van der Waals surface area contributed by atoms with Crippen LogP contribution in [0.25, 0.3) is 0 Å². The lowest BCUT2D eigenvalue weighted by molar-refractivity contribution is -0.127. The topological polar surface area (TPSA) is 115 Å². The first-order chi connectivity index (χ1) is 22.8. The molecule has 0 saturated carbocycles. The summed E-state index contributed by atoms with van der Waals surface area (Å²) in [6.45, 7) is 3.90. The van der Waals surface area contributed by atoms with Gasteiger partial charge in [0.1, 0.15) is 17.8 Å². The van der Waals surface area contributed by atoms with Crippen LogP contribution >= 0.6 is 11.6 Å². The summed E-state index contributed by atoms with van der Waals surface area (Å²) in [5, 5.41) is 0.361. The molecule has 13 heteroatoms. The number of amides is 1. The number of hydrogen-bond donors (Lipinski definition) is 0. The van der Waals surface area contributed by atoms with Gasteiger partial charge in [0.15, 0.2) is 5.54 Å². The molecule has 3 aliphatic rings. The van der Waals surface area contributed by atoms with Gasteiger partial charge in [-0.2, -0.15) is 0 Å². The van der Waals surface area contributed by atoms with Crippen molar-refractivity contribution in [2.75, 3.05) is 51.4 Å². The third kappa shape index (κ3) is 5.28. The van der Waals surface area contributed by atoms with Crippen LogP contribution in [-0.2, 0) is 31.6 Å². The molecule has 0 radical (unpaired) electrons. The SMILES string of the molecule is COc1ccc(S(=O)(=O)N2C(=O)C(c3cc(CN4CCOCC4)ccc3OC)(N3CCCC3c3ncco3)c3cc(Cl)ccc32)cc1. The number of rotatable bonds is 9. The van der Waals surface area contributed by atoms with E-state index in [1.165, 1.54) is 25.5 Å². The van der Waals surface area contributed by atoms with Crippen LogP contribution in [0.1, 0.15) is 41.5 Å². The first kappa shape index (κ1) is 31.6. The van der Waals surface area contributed by atoms with Gasteiger partial charge in [0.25, 0.3) is 15.9 Å². The van der Waals surface area contributed by atoms with Crippen molar-refractivity contribution in [2.24, 2.45) is 0 Å². The lowest BCUT2D eigenvalue weighted by Gasteiger charge is -2.41. The molecule has 0 bridgehead atoms. The molecular formula is C34H35ClN4O7S. The Morgan fingerprint density at radius 3 is 2.47 bits per heavy atom. The monoisotopic (exact) mass is 678 g/mol. The van der Waals surface area contributed by atoms with Gasteiger partial charge in [-0.15, -0.1) is 0 Å². The molecule has 0 aliphatic carbocycles. The summed E-state index contributed by atoms with van der Waals surface area (Å²) in [6, 6.07) is 16.2. The van der Waals surface area contributed by atoms with Gasteiger partial charge >= 0.3 is 0 Å². The average Bonchev–Trinajstić information content (AvgIpc) is 3.84. The molecule has 0 N–H and O–H groups in total. The van der Waals surface area contributed by atoms with Gasteiger partial charge in [0, 0.05) is 42.3 Å². The van der Waals surface area contributed by atoms with Gasteiger partial charge < -0.3 is 18.6 Å². The Hall–Kier alpha value is -3.94. The maximum Gasteiger partial charge on any atom is 0.271 e. The third-order valence-corrected chi connectivity index (χ3v) is 11.2. The summed E-state index contributed by atoms with van der Waals surface area (Å²) >= 11 is 6.68. The standard InChI is InChI=1S/C34H35ClN4O7S/c1-43-25-7-9-26(10-8-25)47(41,42)39-29-11-6-24(35)21-27(29)34(33(39)40,38-14-3-4-30(38)32-36-13-17-46-32)28-20-23(5-12-31(28)44-2)22-37-15-18-45-19-16-37/h5-13,17,20-21,30H,3-4,14-16,18-19,22H2,1-2H3. The predicted octanol–water partition coefficient (Wildman–Crippen LogP) is 4.99. The van der Waals surface area contributed by atoms with Crippen LogP contribution in [0.4, 0.5) is 5.69 Å². The predicted molar refractivity (Wildman–Crippen MR) is 174 cm³/mol. The molecule has 1 amide bonds. The number of carbonyl (C=O) groups is 1. The zero-order valence-corrected chi connectivity index (χ0v) is 27.7. The zero-order valence-electron chi connectivity index (χ0n) is 26.1. The summed E-state index contributed by atoms with van der Waals surface area (Å²) in [5.41, 5.74) is 0.454.